The number of halogens is 4. The average Bonchev–Trinajstić information content (AvgIpc) is 3.12. The van der Waals surface area contributed by atoms with E-state index in [2.05, 4.69) is 26.0 Å². The van der Waals surface area contributed by atoms with Crippen molar-refractivity contribution in [3.8, 4) is 5.75 Å². The Morgan fingerprint density at radius 3 is 2.24 bits per heavy atom. The average molecular weight is 609 g/mol. The molecule has 1 aliphatic heterocycles. The molecule has 0 aromatic heterocycles. The number of nitrogens with one attached hydrogen (secondary N) is 2. The van der Waals surface area contributed by atoms with E-state index < -0.39 is 27.7 Å². The van der Waals surface area contributed by atoms with Gasteiger partial charge in [-0.15, -0.1) is 0 Å². The molecule has 200 valence electrons. The third-order valence-corrected chi connectivity index (χ3v) is 7.91. The number of ether oxygens (including phenoxy) is 1. The molecule has 6 nitrogen and oxygen atoms in total. The predicted molar refractivity (Wildman–Crippen MR) is 145 cm³/mol. The summed E-state index contributed by atoms with van der Waals surface area (Å²) in [5.74, 6) is 0.285. The van der Waals surface area contributed by atoms with E-state index in [0.29, 0.717) is 27.0 Å². The summed E-state index contributed by atoms with van der Waals surface area (Å²) < 4.78 is 73.1. The van der Waals surface area contributed by atoms with Crippen LogP contribution >= 0.6 is 15.9 Å². The van der Waals surface area contributed by atoms with Crippen LogP contribution in [-0.2, 0) is 26.4 Å². The summed E-state index contributed by atoms with van der Waals surface area (Å²) in [6, 6.07) is 11.5. The van der Waals surface area contributed by atoms with Gasteiger partial charge in [-0.25, -0.2) is 8.42 Å². The number of carbonyl (C=O) groups excluding carboxylic acids is 1. The number of anilines is 2. The molecule has 0 saturated carbocycles. The van der Waals surface area contributed by atoms with Gasteiger partial charge in [-0.05, 0) is 87.6 Å². The van der Waals surface area contributed by atoms with Crippen molar-refractivity contribution in [3.63, 3.8) is 0 Å². The van der Waals surface area contributed by atoms with E-state index in [0.717, 1.165) is 29.8 Å². The van der Waals surface area contributed by atoms with Crippen LogP contribution in [0.5, 0.6) is 5.75 Å². The van der Waals surface area contributed by atoms with E-state index >= 15 is 0 Å². The smallest absolute Gasteiger partial charge is 0.416 e. The van der Waals surface area contributed by atoms with Crippen LogP contribution in [0.3, 0.4) is 0 Å². The quantitative estimate of drug-likeness (QED) is 0.303. The highest BCUT2D eigenvalue weighted by Crippen LogP contribution is 2.40. The van der Waals surface area contributed by atoms with Gasteiger partial charge in [-0.2, -0.15) is 13.2 Å². The maximum atomic E-state index is 13.0. The van der Waals surface area contributed by atoms with Gasteiger partial charge in [0.2, 0.25) is 0 Å². The predicted octanol–water partition coefficient (Wildman–Crippen LogP) is 7.07. The Hall–Kier alpha value is -3.31. The van der Waals surface area contributed by atoms with Crippen LogP contribution in [0.2, 0.25) is 0 Å². The van der Waals surface area contributed by atoms with Gasteiger partial charge < -0.3 is 10.1 Å². The molecule has 38 heavy (non-hydrogen) atoms. The van der Waals surface area contributed by atoms with Gasteiger partial charge in [0, 0.05) is 28.1 Å². The molecule has 0 spiro atoms. The van der Waals surface area contributed by atoms with E-state index in [1.807, 2.05) is 26.8 Å². The first-order valence-electron chi connectivity index (χ1n) is 11.4. The van der Waals surface area contributed by atoms with Crippen molar-refractivity contribution in [1.82, 2.24) is 0 Å². The van der Waals surface area contributed by atoms with Gasteiger partial charge in [0.1, 0.15) is 5.75 Å². The zero-order chi connectivity index (χ0) is 28.0. The Labute approximate surface area is 227 Å². The van der Waals surface area contributed by atoms with Crippen molar-refractivity contribution in [2.24, 2.45) is 0 Å². The molecule has 0 saturated heterocycles. The summed E-state index contributed by atoms with van der Waals surface area (Å²) in [6.07, 6.45) is -2.87. The Morgan fingerprint density at radius 1 is 1.00 bits per heavy atom. The number of benzene rings is 3. The summed E-state index contributed by atoms with van der Waals surface area (Å²) in [4.78, 5) is 12.7. The van der Waals surface area contributed by atoms with Crippen molar-refractivity contribution in [1.29, 1.82) is 0 Å². The zero-order valence-corrected chi connectivity index (χ0v) is 23.2. The lowest BCUT2D eigenvalue weighted by atomic mass is 9.85. The van der Waals surface area contributed by atoms with Crippen LogP contribution < -0.4 is 14.8 Å². The van der Waals surface area contributed by atoms with Gasteiger partial charge in [0.25, 0.3) is 15.9 Å². The Balaban J connectivity index is 1.71. The summed E-state index contributed by atoms with van der Waals surface area (Å²) in [7, 11) is -2.58. The molecule has 0 aliphatic carbocycles. The maximum absolute atomic E-state index is 13.0. The van der Waals surface area contributed by atoms with Crippen molar-refractivity contribution in [3.05, 3.63) is 81.3 Å². The maximum Gasteiger partial charge on any atom is 0.416 e. The third-order valence-electron chi connectivity index (χ3n) is 5.94. The Bertz CT molecular complexity index is 1560. The fourth-order valence-electron chi connectivity index (χ4n) is 4.05. The minimum atomic E-state index is -4.53. The van der Waals surface area contributed by atoms with Crippen molar-refractivity contribution < 1.29 is 31.1 Å². The van der Waals surface area contributed by atoms with Crippen LogP contribution in [-0.4, -0.2) is 21.4 Å². The minimum Gasteiger partial charge on any atom is -0.495 e. The van der Waals surface area contributed by atoms with Crippen LogP contribution in [0.15, 0.2) is 64.0 Å². The Kier molecular flexibility index (Phi) is 7.13. The van der Waals surface area contributed by atoms with Crippen molar-refractivity contribution in [2.75, 3.05) is 17.1 Å². The molecule has 11 heteroatoms. The molecule has 0 fully saturated rings. The van der Waals surface area contributed by atoms with E-state index in [9.17, 15) is 26.4 Å². The van der Waals surface area contributed by atoms with E-state index in [1.165, 1.54) is 18.2 Å². The highest BCUT2D eigenvalue weighted by Gasteiger charge is 2.31. The van der Waals surface area contributed by atoms with E-state index in [1.54, 1.807) is 19.3 Å². The summed E-state index contributed by atoms with van der Waals surface area (Å²) >= 11 is 3.53. The molecule has 1 heterocycles. The van der Waals surface area contributed by atoms with Crippen molar-refractivity contribution in [2.45, 2.75) is 37.3 Å². The lowest BCUT2D eigenvalue weighted by Crippen LogP contribution is -2.13. The molecule has 0 radical (unpaired) electrons. The lowest BCUT2D eigenvalue weighted by molar-refractivity contribution is -0.137. The van der Waals surface area contributed by atoms with E-state index in [-0.39, 0.29) is 21.6 Å². The van der Waals surface area contributed by atoms with Gasteiger partial charge in [0.05, 0.1) is 22.0 Å². The summed E-state index contributed by atoms with van der Waals surface area (Å²) in [5.41, 5.74) is 1.53. The van der Waals surface area contributed by atoms with Gasteiger partial charge >= 0.3 is 6.18 Å². The second-order valence-electron chi connectivity index (χ2n) is 9.73. The number of rotatable bonds is 5. The van der Waals surface area contributed by atoms with Gasteiger partial charge in [-0.1, -0.05) is 20.8 Å². The normalized spacial score (nSPS) is 14.8. The van der Waals surface area contributed by atoms with Gasteiger partial charge in [-0.3, -0.25) is 9.52 Å². The minimum absolute atomic E-state index is 0.0266. The molecule has 0 bridgehead atoms. The molecule has 3 aromatic carbocycles. The third kappa shape index (κ3) is 5.58. The fourth-order valence-corrected chi connectivity index (χ4v) is 5.77. The lowest BCUT2D eigenvalue weighted by Gasteiger charge is -2.23. The highest BCUT2D eigenvalue weighted by atomic mass is 79.9. The second kappa shape index (κ2) is 9.77. The zero-order valence-electron chi connectivity index (χ0n) is 20.8. The first kappa shape index (κ1) is 27.7. The number of amides is 1. The number of alkyl halides is 3. The van der Waals surface area contributed by atoms with Crippen LogP contribution in [0.1, 0.15) is 43.0 Å². The first-order valence-corrected chi connectivity index (χ1v) is 13.6. The highest BCUT2D eigenvalue weighted by molar-refractivity contribution is 9.10. The molecule has 2 N–H and O–H groups in total. The van der Waals surface area contributed by atoms with Gasteiger partial charge in [0.15, 0.2) is 0 Å². The molecule has 4 rings (SSSR count). The SMILES string of the molecule is COc1c(Br)cc(C=C2C(=O)Nc3ccc(S(=O)(=O)Nc4ccc(C(F)(F)F)cc4)cc32)cc1C(C)(C)C. The topological polar surface area (TPSA) is 84.5 Å². The number of carbonyl (C=O) groups is 1. The number of sulfonamides is 1. The largest absolute Gasteiger partial charge is 0.495 e. The number of fused-ring (bicyclic) bond motifs is 1. The number of methoxy groups -OCH3 is 1. The number of hydrogen-bond acceptors (Lipinski definition) is 4. The molecule has 1 aliphatic rings. The molecule has 0 unspecified atom stereocenters. The van der Waals surface area contributed by atoms with E-state index in [4.69, 9.17) is 4.74 Å². The Morgan fingerprint density at radius 2 is 1.66 bits per heavy atom. The van der Waals surface area contributed by atoms with Crippen molar-refractivity contribution >= 4 is 54.9 Å². The second-order valence-corrected chi connectivity index (χ2v) is 12.3. The fraction of sp³-hybridized carbons (Fsp3) is 0.222. The monoisotopic (exact) mass is 608 g/mol. The standard InChI is InChI=1S/C27H24BrF3N2O4S/c1-26(2,3)21-12-15(13-22(28)24(21)37-4)11-20-19-14-18(9-10-23(19)32-25(20)34)38(35,36)33-17-7-5-16(6-8-17)27(29,30)31/h5-14,33H,1-4H3,(H,32,34). The van der Waals surface area contributed by atoms with Crippen LogP contribution in [0.4, 0.5) is 24.5 Å². The first-order chi connectivity index (χ1) is 17.6. The molecule has 0 atom stereocenters. The molecular weight excluding hydrogens is 585 g/mol. The molecule has 1 amide bonds. The summed E-state index contributed by atoms with van der Waals surface area (Å²) in [5, 5.41) is 2.73. The van der Waals surface area contributed by atoms with Crippen LogP contribution in [0, 0.1) is 0 Å². The van der Waals surface area contributed by atoms with Crippen LogP contribution in [0.25, 0.3) is 11.6 Å². The summed E-state index contributed by atoms with van der Waals surface area (Å²) in [6.45, 7) is 6.10. The molecular formula is C27H24BrF3N2O4S. The molecule has 3 aromatic rings. The number of hydrogen-bond donors (Lipinski definition) is 2.